The number of nitrogens with one attached hydrogen (secondary N) is 1. The Morgan fingerprint density at radius 3 is 2.43 bits per heavy atom. The quantitative estimate of drug-likeness (QED) is 0.733. The molecule has 0 amide bonds. The molecule has 0 bridgehead atoms. The van der Waals surface area contributed by atoms with Crippen LogP contribution in [0, 0.1) is 6.92 Å². The minimum absolute atomic E-state index is 0.0283. The van der Waals surface area contributed by atoms with Crippen molar-refractivity contribution in [2.24, 2.45) is 0 Å². The molecule has 0 saturated carbocycles. The van der Waals surface area contributed by atoms with Crippen molar-refractivity contribution < 1.29 is 9.84 Å². The molecule has 1 heterocycles. The van der Waals surface area contributed by atoms with Crippen molar-refractivity contribution >= 4 is 0 Å². The Hall–Kier alpha value is -2.59. The SMILES string of the molecule is Cc1c(-c2ccc(OCCc3ccccc3)cc2)n[nH]c1CO. The molecule has 118 valence electrons. The average molecular weight is 308 g/mol. The summed E-state index contributed by atoms with van der Waals surface area (Å²) in [4.78, 5) is 0. The van der Waals surface area contributed by atoms with E-state index in [0.717, 1.165) is 34.7 Å². The number of aromatic amines is 1. The van der Waals surface area contributed by atoms with Gasteiger partial charge in [-0.15, -0.1) is 0 Å². The van der Waals surface area contributed by atoms with E-state index >= 15 is 0 Å². The van der Waals surface area contributed by atoms with E-state index in [9.17, 15) is 5.11 Å². The monoisotopic (exact) mass is 308 g/mol. The van der Waals surface area contributed by atoms with Crippen LogP contribution in [0.4, 0.5) is 0 Å². The summed E-state index contributed by atoms with van der Waals surface area (Å²) in [5.41, 5.74) is 4.87. The van der Waals surface area contributed by atoms with E-state index < -0.39 is 0 Å². The third-order valence-electron chi connectivity index (χ3n) is 3.90. The maximum Gasteiger partial charge on any atom is 0.119 e. The highest BCUT2D eigenvalue weighted by atomic mass is 16.5. The molecule has 0 spiro atoms. The highest BCUT2D eigenvalue weighted by Gasteiger charge is 2.10. The fourth-order valence-electron chi connectivity index (χ4n) is 2.51. The second-order valence-corrected chi connectivity index (χ2v) is 5.44. The van der Waals surface area contributed by atoms with Gasteiger partial charge in [-0.2, -0.15) is 5.10 Å². The second kappa shape index (κ2) is 7.11. The molecular formula is C19H20N2O2. The third kappa shape index (κ3) is 3.60. The molecule has 4 heteroatoms. The van der Waals surface area contributed by atoms with E-state index in [1.807, 2.05) is 49.4 Å². The Morgan fingerprint density at radius 1 is 1.04 bits per heavy atom. The lowest BCUT2D eigenvalue weighted by Gasteiger charge is -2.07. The van der Waals surface area contributed by atoms with Gasteiger partial charge < -0.3 is 9.84 Å². The number of aliphatic hydroxyl groups is 1. The summed E-state index contributed by atoms with van der Waals surface area (Å²) < 4.78 is 5.79. The molecule has 2 aromatic carbocycles. The van der Waals surface area contributed by atoms with Gasteiger partial charge in [0, 0.05) is 17.5 Å². The van der Waals surface area contributed by atoms with Crippen LogP contribution in [0.15, 0.2) is 54.6 Å². The number of aliphatic hydroxyl groups excluding tert-OH is 1. The van der Waals surface area contributed by atoms with Crippen LogP contribution in [0.5, 0.6) is 5.75 Å². The predicted molar refractivity (Wildman–Crippen MR) is 90.3 cm³/mol. The molecule has 3 rings (SSSR count). The van der Waals surface area contributed by atoms with Crippen molar-refractivity contribution in [1.29, 1.82) is 0 Å². The van der Waals surface area contributed by atoms with E-state index in [1.165, 1.54) is 5.56 Å². The predicted octanol–water partition coefficient (Wildman–Crippen LogP) is 3.50. The Labute approximate surface area is 135 Å². The zero-order valence-corrected chi connectivity index (χ0v) is 13.1. The highest BCUT2D eigenvalue weighted by Crippen LogP contribution is 2.25. The van der Waals surface area contributed by atoms with Crippen LogP contribution in [-0.2, 0) is 13.0 Å². The van der Waals surface area contributed by atoms with Gasteiger partial charge in [0.25, 0.3) is 0 Å². The number of benzene rings is 2. The van der Waals surface area contributed by atoms with Gasteiger partial charge in [-0.3, -0.25) is 5.10 Å². The zero-order valence-electron chi connectivity index (χ0n) is 13.1. The van der Waals surface area contributed by atoms with Crippen molar-refractivity contribution in [3.8, 4) is 17.0 Å². The standard InChI is InChI=1S/C19H20N2O2/c1-14-18(13-22)20-21-19(14)16-7-9-17(10-8-16)23-12-11-15-5-3-2-4-6-15/h2-10,22H,11-13H2,1H3,(H,20,21). The molecule has 0 unspecified atom stereocenters. The summed E-state index contributed by atoms with van der Waals surface area (Å²) in [6, 6.07) is 18.2. The number of aromatic nitrogens is 2. The lowest BCUT2D eigenvalue weighted by atomic mass is 10.1. The van der Waals surface area contributed by atoms with Gasteiger partial charge in [0.2, 0.25) is 0 Å². The minimum Gasteiger partial charge on any atom is -0.493 e. The number of hydrogen-bond acceptors (Lipinski definition) is 3. The first-order chi connectivity index (χ1) is 11.3. The van der Waals surface area contributed by atoms with E-state index in [-0.39, 0.29) is 6.61 Å². The Balaban J connectivity index is 1.62. The number of H-pyrrole nitrogens is 1. The summed E-state index contributed by atoms with van der Waals surface area (Å²) in [5.74, 6) is 0.847. The molecule has 0 aliphatic rings. The molecular weight excluding hydrogens is 288 g/mol. The van der Waals surface area contributed by atoms with Crippen molar-refractivity contribution in [3.63, 3.8) is 0 Å². The van der Waals surface area contributed by atoms with Gasteiger partial charge in [0.1, 0.15) is 5.75 Å². The first-order valence-corrected chi connectivity index (χ1v) is 7.70. The highest BCUT2D eigenvalue weighted by molar-refractivity contribution is 5.64. The van der Waals surface area contributed by atoms with Crippen molar-refractivity contribution in [2.45, 2.75) is 20.0 Å². The van der Waals surface area contributed by atoms with E-state index in [1.54, 1.807) is 0 Å². The summed E-state index contributed by atoms with van der Waals surface area (Å²) in [7, 11) is 0. The maximum atomic E-state index is 9.22. The smallest absolute Gasteiger partial charge is 0.119 e. The van der Waals surface area contributed by atoms with Gasteiger partial charge in [-0.1, -0.05) is 30.3 Å². The van der Waals surface area contributed by atoms with E-state index in [2.05, 4.69) is 22.3 Å². The number of nitrogens with zero attached hydrogens (tertiary/aromatic N) is 1. The summed E-state index contributed by atoms with van der Waals surface area (Å²) in [5, 5.41) is 16.3. The molecule has 0 atom stereocenters. The summed E-state index contributed by atoms with van der Waals surface area (Å²) in [6.45, 7) is 2.58. The summed E-state index contributed by atoms with van der Waals surface area (Å²) in [6.07, 6.45) is 0.890. The Bertz CT molecular complexity index is 749. The first-order valence-electron chi connectivity index (χ1n) is 7.70. The Kier molecular flexibility index (Phi) is 4.74. The van der Waals surface area contributed by atoms with Gasteiger partial charge in [0.05, 0.1) is 24.6 Å². The Morgan fingerprint density at radius 2 is 1.78 bits per heavy atom. The molecule has 1 aromatic heterocycles. The van der Waals surface area contributed by atoms with Gasteiger partial charge in [-0.05, 0) is 36.8 Å². The molecule has 0 aliphatic carbocycles. The minimum atomic E-state index is -0.0283. The number of hydrogen-bond donors (Lipinski definition) is 2. The lowest BCUT2D eigenvalue weighted by molar-refractivity contribution is 0.276. The van der Waals surface area contributed by atoms with Crippen LogP contribution in [0.2, 0.25) is 0 Å². The first kappa shape index (κ1) is 15.3. The molecule has 2 N–H and O–H groups in total. The normalized spacial score (nSPS) is 10.7. The number of rotatable bonds is 6. The van der Waals surface area contributed by atoms with Crippen LogP contribution < -0.4 is 4.74 Å². The average Bonchev–Trinajstić information content (AvgIpc) is 2.97. The topological polar surface area (TPSA) is 58.1 Å². The molecule has 0 fully saturated rings. The fraction of sp³-hybridized carbons (Fsp3) is 0.211. The summed E-state index contributed by atoms with van der Waals surface area (Å²) >= 11 is 0. The molecule has 23 heavy (non-hydrogen) atoms. The van der Waals surface area contributed by atoms with Crippen LogP contribution in [-0.4, -0.2) is 21.9 Å². The maximum absolute atomic E-state index is 9.22. The molecule has 4 nitrogen and oxygen atoms in total. The van der Waals surface area contributed by atoms with Gasteiger partial charge >= 0.3 is 0 Å². The van der Waals surface area contributed by atoms with Crippen LogP contribution >= 0.6 is 0 Å². The van der Waals surface area contributed by atoms with Crippen LogP contribution in [0.25, 0.3) is 11.3 Å². The largest absolute Gasteiger partial charge is 0.493 e. The molecule has 3 aromatic rings. The van der Waals surface area contributed by atoms with Crippen molar-refractivity contribution in [3.05, 3.63) is 71.4 Å². The van der Waals surface area contributed by atoms with Crippen LogP contribution in [0.1, 0.15) is 16.8 Å². The second-order valence-electron chi connectivity index (χ2n) is 5.44. The molecule has 0 radical (unpaired) electrons. The number of ether oxygens (including phenoxy) is 1. The van der Waals surface area contributed by atoms with Crippen molar-refractivity contribution in [2.75, 3.05) is 6.61 Å². The van der Waals surface area contributed by atoms with Gasteiger partial charge in [0.15, 0.2) is 0 Å². The molecule has 0 saturated heterocycles. The van der Waals surface area contributed by atoms with Gasteiger partial charge in [-0.25, -0.2) is 0 Å². The van der Waals surface area contributed by atoms with E-state index in [0.29, 0.717) is 6.61 Å². The zero-order chi connectivity index (χ0) is 16.1. The van der Waals surface area contributed by atoms with Crippen LogP contribution in [0.3, 0.4) is 0 Å². The van der Waals surface area contributed by atoms with E-state index in [4.69, 9.17) is 4.74 Å². The van der Waals surface area contributed by atoms with Crippen molar-refractivity contribution in [1.82, 2.24) is 10.2 Å². The third-order valence-corrected chi connectivity index (χ3v) is 3.90. The lowest BCUT2D eigenvalue weighted by Crippen LogP contribution is -2.01. The molecule has 0 aliphatic heterocycles. The fourth-order valence-corrected chi connectivity index (χ4v) is 2.51.